The summed E-state index contributed by atoms with van der Waals surface area (Å²) in [7, 11) is 0. The maximum atomic E-state index is 9.60. The number of fused-ring (bicyclic) bond motifs is 1. The molecule has 22 heavy (non-hydrogen) atoms. The molecule has 112 valence electrons. The van der Waals surface area contributed by atoms with Gasteiger partial charge in [-0.1, -0.05) is 0 Å². The van der Waals surface area contributed by atoms with Gasteiger partial charge in [0, 0.05) is 30.3 Å². The van der Waals surface area contributed by atoms with E-state index in [-0.39, 0.29) is 11.5 Å². The van der Waals surface area contributed by atoms with Crippen molar-refractivity contribution in [2.45, 2.75) is 19.3 Å². The first-order chi connectivity index (χ1) is 10.7. The molecular weight excluding hydrogens is 278 g/mol. The zero-order chi connectivity index (χ0) is 15.7. The van der Waals surface area contributed by atoms with E-state index in [2.05, 4.69) is 17.0 Å². The minimum atomic E-state index is -1.42. The van der Waals surface area contributed by atoms with Crippen LogP contribution < -0.4 is 5.73 Å². The van der Waals surface area contributed by atoms with Crippen molar-refractivity contribution < 1.29 is 4.74 Å². The molecule has 0 bridgehead atoms. The van der Waals surface area contributed by atoms with Gasteiger partial charge in [-0.2, -0.15) is 15.8 Å². The Bertz CT molecular complexity index is 665. The first-order valence-corrected chi connectivity index (χ1v) is 7.48. The van der Waals surface area contributed by atoms with Crippen LogP contribution in [0.25, 0.3) is 0 Å². The molecule has 0 aromatic carbocycles. The molecule has 1 unspecified atom stereocenters. The highest BCUT2D eigenvalue weighted by atomic mass is 16.5. The van der Waals surface area contributed by atoms with Gasteiger partial charge in [-0.3, -0.25) is 0 Å². The maximum Gasteiger partial charge on any atom is 0.187 e. The van der Waals surface area contributed by atoms with E-state index in [4.69, 9.17) is 10.5 Å². The Morgan fingerprint density at radius 1 is 1.18 bits per heavy atom. The van der Waals surface area contributed by atoms with Crippen LogP contribution >= 0.6 is 0 Å². The molecule has 1 aliphatic heterocycles. The molecule has 2 aliphatic carbocycles. The molecule has 6 nitrogen and oxygen atoms in total. The highest BCUT2D eigenvalue weighted by Crippen LogP contribution is 2.54. The van der Waals surface area contributed by atoms with Crippen molar-refractivity contribution in [3.8, 4) is 18.2 Å². The van der Waals surface area contributed by atoms with Gasteiger partial charge in [0.1, 0.15) is 0 Å². The molecule has 3 aliphatic rings. The molecule has 2 N–H and O–H groups in total. The van der Waals surface area contributed by atoms with Crippen LogP contribution in [0.5, 0.6) is 0 Å². The summed E-state index contributed by atoms with van der Waals surface area (Å²) in [5, 5.41) is 28.6. The molecule has 0 saturated carbocycles. The largest absolute Gasteiger partial charge is 0.398 e. The summed E-state index contributed by atoms with van der Waals surface area (Å²) < 4.78 is 5.39. The molecule has 0 amide bonds. The smallest absolute Gasteiger partial charge is 0.187 e. The van der Waals surface area contributed by atoms with Crippen molar-refractivity contribution in [2.24, 2.45) is 17.1 Å². The fraction of sp³-hybridized carbons (Fsp3) is 0.562. The Labute approximate surface area is 129 Å². The van der Waals surface area contributed by atoms with Crippen LogP contribution in [0.15, 0.2) is 22.5 Å². The van der Waals surface area contributed by atoms with Gasteiger partial charge in [0.15, 0.2) is 5.41 Å². The molecule has 1 heterocycles. The number of hydrogen-bond donors (Lipinski definition) is 1. The van der Waals surface area contributed by atoms with Crippen molar-refractivity contribution in [1.29, 1.82) is 15.8 Å². The Morgan fingerprint density at radius 3 is 2.45 bits per heavy atom. The number of morpholine rings is 1. The number of ether oxygens (including phenoxy) is 1. The lowest BCUT2D eigenvalue weighted by molar-refractivity contribution is 0.0499. The number of nitriles is 3. The number of rotatable bonds is 1. The summed E-state index contributed by atoms with van der Waals surface area (Å²) >= 11 is 0. The molecule has 0 radical (unpaired) electrons. The van der Waals surface area contributed by atoms with Gasteiger partial charge >= 0.3 is 0 Å². The van der Waals surface area contributed by atoms with E-state index in [0.717, 1.165) is 43.6 Å². The van der Waals surface area contributed by atoms with Crippen LogP contribution in [0.4, 0.5) is 0 Å². The van der Waals surface area contributed by atoms with Gasteiger partial charge in [-0.05, 0) is 19.3 Å². The number of nitrogens with two attached hydrogens (primary N) is 1. The van der Waals surface area contributed by atoms with Crippen molar-refractivity contribution in [3.05, 3.63) is 22.5 Å². The van der Waals surface area contributed by atoms with E-state index in [1.54, 1.807) is 0 Å². The summed E-state index contributed by atoms with van der Waals surface area (Å²) in [4.78, 5) is 2.23. The van der Waals surface area contributed by atoms with E-state index in [1.165, 1.54) is 0 Å². The second-order valence-electron chi connectivity index (χ2n) is 5.84. The highest BCUT2D eigenvalue weighted by molar-refractivity contribution is 5.61. The van der Waals surface area contributed by atoms with Crippen LogP contribution in [0.3, 0.4) is 0 Å². The van der Waals surface area contributed by atoms with Gasteiger partial charge in [-0.15, -0.1) is 0 Å². The number of hydrogen-bond acceptors (Lipinski definition) is 6. The molecule has 1 fully saturated rings. The van der Waals surface area contributed by atoms with Crippen LogP contribution in [0.1, 0.15) is 19.3 Å². The Morgan fingerprint density at radius 2 is 1.86 bits per heavy atom. The van der Waals surface area contributed by atoms with E-state index in [1.807, 2.05) is 6.07 Å². The third-order valence-electron chi connectivity index (χ3n) is 4.90. The average molecular weight is 295 g/mol. The third kappa shape index (κ3) is 1.80. The Kier molecular flexibility index (Phi) is 3.53. The third-order valence-corrected chi connectivity index (χ3v) is 4.90. The Balaban J connectivity index is 2.16. The molecule has 1 atom stereocenters. The topological polar surface area (TPSA) is 110 Å². The van der Waals surface area contributed by atoms with E-state index in [9.17, 15) is 15.8 Å². The maximum absolute atomic E-state index is 9.60. The second kappa shape index (κ2) is 5.37. The normalized spacial score (nSPS) is 27.0. The summed E-state index contributed by atoms with van der Waals surface area (Å²) in [6.07, 6.45) is 2.49. The SMILES string of the molecule is N#CC1=C(N)C2=C(N3CCOCC3)CCCC2C1(C#N)C#N. The van der Waals surface area contributed by atoms with Gasteiger partial charge in [-0.25, -0.2) is 0 Å². The Hall–Kier alpha value is -2.49. The average Bonchev–Trinajstić information content (AvgIpc) is 2.84. The van der Waals surface area contributed by atoms with Crippen molar-refractivity contribution in [3.63, 3.8) is 0 Å². The lowest BCUT2D eigenvalue weighted by Gasteiger charge is -2.37. The van der Waals surface area contributed by atoms with Crippen molar-refractivity contribution >= 4 is 0 Å². The standard InChI is InChI=1S/C16H17N5O/c17-8-12-15(20)14-11(16(12,9-18)10-19)2-1-3-13(14)21-4-6-22-7-5-21/h11H,1-7,20H2. The minimum Gasteiger partial charge on any atom is -0.398 e. The van der Waals surface area contributed by atoms with Gasteiger partial charge in [0.2, 0.25) is 0 Å². The minimum absolute atomic E-state index is 0.130. The molecule has 0 spiro atoms. The van der Waals surface area contributed by atoms with E-state index < -0.39 is 5.41 Å². The lowest BCUT2D eigenvalue weighted by atomic mass is 9.70. The van der Waals surface area contributed by atoms with Gasteiger partial charge < -0.3 is 15.4 Å². The molecule has 0 aromatic rings. The first-order valence-electron chi connectivity index (χ1n) is 7.48. The molecule has 1 saturated heterocycles. The lowest BCUT2D eigenvalue weighted by Crippen LogP contribution is -2.39. The molecule has 0 aromatic heterocycles. The van der Waals surface area contributed by atoms with Crippen molar-refractivity contribution in [1.82, 2.24) is 4.90 Å². The van der Waals surface area contributed by atoms with Crippen molar-refractivity contribution in [2.75, 3.05) is 26.3 Å². The number of allylic oxidation sites excluding steroid dienone is 3. The molecule has 6 heteroatoms. The fourth-order valence-corrected chi connectivity index (χ4v) is 3.85. The first kappa shape index (κ1) is 14.4. The molecule has 3 rings (SSSR count). The molecular formula is C16H17N5O. The highest BCUT2D eigenvalue weighted by Gasteiger charge is 2.54. The van der Waals surface area contributed by atoms with E-state index >= 15 is 0 Å². The number of nitrogens with zero attached hydrogens (tertiary/aromatic N) is 4. The van der Waals surface area contributed by atoms with Crippen LogP contribution in [0, 0.1) is 45.3 Å². The van der Waals surface area contributed by atoms with Gasteiger partial charge in [0.25, 0.3) is 0 Å². The summed E-state index contributed by atoms with van der Waals surface area (Å²) in [6, 6.07) is 6.18. The summed E-state index contributed by atoms with van der Waals surface area (Å²) in [6.45, 7) is 2.90. The van der Waals surface area contributed by atoms with Crippen LogP contribution in [-0.4, -0.2) is 31.2 Å². The van der Waals surface area contributed by atoms with Crippen LogP contribution in [-0.2, 0) is 4.74 Å². The van der Waals surface area contributed by atoms with Gasteiger partial charge in [0.05, 0.1) is 42.7 Å². The monoisotopic (exact) mass is 295 g/mol. The summed E-state index contributed by atoms with van der Waals surface area (Å²) in [5.41, 5.74) is 7.21. The van der Waals surface area contributed by atoms with E-state index in [0.29, 0.717) is 18.9 Å². The fourth-order valence-electron chi connectivity index (χ4n) is 3.85. The predicted molar refractivity (Wildman–Crippen MR) is 77.2 cm³/mol. The summed E-state index contributed by atoms with van der Waals surface area (Å²) in [5.74, 6) is -0.288. The van der Waals surface area contributed by atoms with Crippen LogP contribution in [0.2, 0.25) is 0 Å². The second-order valence-corrected chi connectivity index (χ2v) is 5.84. The zero-order valence-corrected chi connectivity index (χ0v) is 12.3. The predicted octanol–water partition coefficient (Wildman–Crippen LogP) is 1.16. The quantitative estimate of drug-likeness (QED) is 0.777. The zero-order valence-electron chi connectivity index (χ0n) is 12.3.